The number of ether oxygens (including phenoxy) is 1. The van der Waals surface area contributed by atoms with Gasteiger partial charge in [-0.15, -0.1) is 21.5 Å². The summed E-state index contributed by atoms with van der Waals surface area (Å²) in [6.07, 6.45) is 3.34. The third-order valence-electron chi connectivity index (χ3n) is 5.78. The van der Waals surface area contributed by atoms with Crippen LogP contribution in [0, 0.1) is 0 Å². The quantitative estimate of drug-likeness (QED) is 0.631. The number of hydrogen-bond acceptors (Lipinski definition) is 5. The summed E-state index contributed by atoms with van der Waals surface area (Å²) in [6.45, 7) is 4.83. The number of halogens is 1. The molecule has 0 saturated carbocycles. The van der Waals surface area contributed by atoms with Crippen molar-refractivity contribution in [3.05, 3.63) is 52.1 Å². The molecule has 2 aliphatic heterocycles. The van der Waals surface area contributed by atoms with Gasteiger partial charge in [-0.2, -0.15) is 0 Å². The minimum Gasteiger partial charge on any atom is -0.481 e. The fraction of sp³-hybridized carbons (Fsp3) is 0.429. The number of likely N-dealkylation sites (tertiary alicyclic amines) is 1. The normalized spacial score (nSPS) is 17.6. The van der Waals surface area contributed by atoms with E-state index in [0.29, 0.717) is 12.5 Å². The molecular formula is C21H23ClN4OS. The summed E-state index contributed by atoms with van der Waals surface area (Å²) in [6, 6.07) is 10.3. The summed E-state index contributed by atoms with van der Waals surface area (Å²) in [5.74, 6) is 2.58. The lowest BCUT2D eigenvalue weighted by Gasteiger charge is -2.31. The Labute approximate surface area is 173 Å². The lowest BCUT2D eigenvalue weighted by Crippen LogP contribution is -2.35. The monoisotopic (exact) mass is 414 g/mol. The molecular weight excluding hydrogens is 392 g/mol. The van der Waals surface area contributed by atoms with Gasteiger partial charge in [0.1, 0.15) is 12.4 Å². The first-order valence-electron chi connectivity index (χ1n) is 9.88. The van der Waals surface area contributed by atoms with Crippen LogP contribution in [-0.4, -0.2) is 45.9 Å². The van der Waals surface area contributed by atoms with E-state index in [-0.39, 0.29) is 0 Å². The van der Waals surface area contributed by atoms with E-state index < -0.39 is 0 Å². The van der Waals surface area contributed by atoms with Gasteiger partial charge in [0.05, 0.1) is 12.1 Å². The second kappa shape index (κ2) is 7.85. The Bertz CT molecular complexity index is 944. The second-order valence-corrected chi connectivity index (χ2v) is 8.81. The molecule has 2 aliphatic rings. The lowest BCUT2D eigenvalue weighted by molar-refractivity contribution is 0.208. The summed E-state index contributed by atoms with van der Waals surface area (Å²) < 4.78 is 8.17. The van der Waals surface area contributed by atoms with E-state index in [9.17, 15) is 0 Å². The highest BCUT2D eigenvalue weighted by Crippen LogP contribution is 2.38. The number of rotatable bonds is 4. The number of fused-ring (bicyclic) bond motifs is 3. The molecule has 5 rings (SSSR count). The minimum absolute atomic E-state index is 0.480. The first kappa shape index (κ1) is 18.2. The van der Waals surface area contributed by atoms with Gasteiger partial charge in [0, 0.05) is 17.5 Å². The molecule has 3 aromatic rings. The molecule has 1 aromatic carbocycles. The number of hydrogen-bond donors (Lipinski definition) is 0. The van der Waals surface area contributed by atoms with E-state index in [1.165, 1.54) is 5.56 Å². The highest BCUT2D eigenvalue weighted by atomic mass is 35.5. The summed E-state index contributed by atoms with van der Waals surface area (Å²) >= 11 is 7.61. The molecule has 1 fully saturated rings. The number of nitrogens with zero attached hydrogens (tertiary/aromatic N) is 4. The first-order chi connectivity index (χ1) is 13.8. The predicted molar refractivity (Wildman–Crippen MR) is 112 cm³/mol. The highest BCUT2D eigenvalue weighted by molar-refractivity contribution is 7.12. The zero-order valence-electron chi connectivity index (χ0n) is 15.7. The van der Waals surface area contributed by atoms with Crippen LogP contribution in [0.4, 0.5) is 0 Å². The summed E-state index contributed by atoms with van der Waals surface area (Å²) in [5, 5.41) is 13.0. The van der Waals surface area contributed by atoms with Gasteiger partial charge in [0.25, 0.3) is 0 Å². The Kier molecular flexibility index (Phi) is 5.09. The van der Waals surface area contributed by atoms with Crippen molar-refractivity contribution in [1.82, 2.24) is 19.7 Å². The molecule has 0 N–H and O–H groups in total. The first-order valence-corrected chi connectivity index (χ1v) is 11.1. The second-order valence-electron chi connectivity index (χ2n) is 7.50. The average Bonchev–Trinajstić information content (AvgIpc) is 3.32. The number of aromatic nitrogens is 3. The smallest absolute Gasteiger partial charge is 0.184 e. The van der Waals surface area contributed by atoms with Crippen LogP contribution in [0.1, 0.15) is 30.1 Å². The maximum absolute atomic E-state index is 5.98. The maximum atomic E-state index is 5.98. The molecule has 0 spiro atoms. The van der Waals surface area contributed by atoms with Gasteiger partial charge < -0.3 is 14.2 Å². The van der Waals surface area contributed by atoms with Crippen molar-refractivity contribution in [2.24, 2.45) is 0 Å². The van der Waals surface area contributed by atoms with E-state index in [4.69, 9.17) is 16.3 Å². The molecule has 0 radical (unpaired) electrons. The molecule has 2 aromatic heterocycles. The number of piperidine rings is 1. The van der Waals surface area contributed by atoms with Crippen molar-refractivity contribution in [3.63, 3.8) is 0 Å². The molecule has 0 atom stereocenters. The SMILES string of the molecule is Clc1ccc(CCN2CCC(c3nnc4n3CCOc3sccc3-4)CC2)cc1. The van der Waals surface area contributed by atoms with Gasteiger partial charge in [-0.25, -0.2) is 0 Å². The third kappa shape index (κ3) is 3.56. The zero-order chi connectivity index (χ0) is 18.9. The summed E-state index contributed by atoms with van der Waals surface area (Å²) in [7, 11) is 0. The molecule has 4 heterocycles. The Morgan fingerprint density at radius 1 is 1.07 bits per heavy atom. The number of thiophene rings is 1. The molecule has 5 nitrogen and oxygen atoms in total. The Hall–Kier alpha value is -1.89. The van der Waals surface area contributed by atoms with Gasteiger partial charge in [-0.1, -0.05) is 23.7 Å². The largest absolute Gasteiger partial charge is 0.481 e. The molecule has 146 valence electrons. The number of benzene rings is 1. The van der Waals surface area contributed by atoms with E-state index in [1.807, 2.05) is 12.1 Å². The fourth-order valence-electron chi connectivity index (χ4n) is 4.19. The van der Waals surface area contributed by atoms with E-state index in [1.54, 1.807) is 11.3 Å². The van der Waals surface area contributed by atoms with Crippen LogP contribution in [0.25, 0.3) is 11.4 Å². The van der Waals surface area contributed by atoms with Gasteiger partial charge in [-0.3, -0.25) is 0 Å². The Morgan fingerprint density at radius 2 is 1.89 bits per heavy atom. The third-order valence-corrected chi connectivity index (χ3v) is 6.86. The van der Waals surface area contributed by atoms with Gasteiger partial charge in [0.15, 0.2) is 10.9 Å². The van der Waals surface area contributed by atoms with Gasteiger partial charge >= 0.3 is 0 Å². The lowest BCUT2D eigenvalue weighted by atomic mass is 9.95. The molecule has 0 amide bonds. The van der Waals surface area contributed by atoms with Crippen molar-refractivity contribution in [2.75, 3.05) is 26.2 Å². The van der Waals surface area contributed by atoms with Crippen LogP contribution < -0.4 is 4.74 Å². The molecule has 0 unspecified atom stereocenters. The Morgan fingerprint density at radius 3 is 2.71 bits per heavy atom. The highest BCUT2D eigenvalue weighted by Gasteiger charge is 2.28. The van der Waals surface area contributed by atoms with Crippen LogP contribution in [0.15, 0.2) is 35.7 Å². The fourth-order valence-corrected chi connectivity index (χ4v) is 5.08. The maximum Gasteiger partial charge on any atom is 0.184 e. The summed E-state index contributed by atoms with van der Waals surface area (Å²) in [5.41, 5.74) is 2.43. The summed E-state index contributed by atoms with van der Waals surface area (Å²) in [4.78, 5) is 2.56. The van der Waals surface area contributed by atoms with E-state index in [2.05, 4.69) is 43.2 Å². The van der Waals surface area contributed by atoms with E-state index in [0.717, 1.165) is 72.7 Å². The standard InChI is InChI=1S/C21H23ClN4OS/c22-17-3-1-15(2-4-17)5-9-25-10-6-16(7-11-25)19-23-24-20-18-8-14-28-21(18)27-13-12-26(19)20/h1-4,8,14,16H,5-7,9-13H2. The van der Waals surface area contributed by atoms with Crippen LogP contribution >= 0.6 is 22.9 Å². The molecule has 28 heavy (non-hydrogen) atoms. The van der Waals surface area contributed by atoms with Crippen LogP contribution in [-0.2, 0) is 13.0 Å². The zero-order valence-corrected chi connectivity index (χ0v) is 17.3. The van der Waals surface area contributed by atoms with Crippen molar-refractivity contribution in [1.29, 1.82) is 0 Å². The Balaban J connectivity index is 1.23. The van der Waals surface area contributed by atoms with Gasteiger partial charge in [-0.05, 0) is 61.5 Å². The topological polar surface area (TPSA) is 43.2 Å². The van der Waals surface area contributed by atoms with Crippen molar-refractivity contribution >= 4 is 22.9 Å². The molecule has 1 saturated heterocycles. The molecule has 7 heteroatoms. The minimum atomic E-state index is 0.480. The van der Waals surface area contributed by atoms with Crippen LogP contribution in [0.3, 0.4) is 0 Å². The van der Waals surface area contributed by atoms with Crippen molar-refractivity contribution in [3.8, 4) is 16.5 Å². The van der Waals surface area contributed by atoms with Crippen molar-refractivity contribution in [2.45, 2.75) is 31.7 Å². The van der Waals surface area contributed by atoms with Crippen LogP contribution in [0.2, 0.25) is 5.02 Å². The predicted octanol–water partition coefficient (Wildman–Crippen LogP) is 4.47. The van der Waals surface area contributed by atoms with Crippen molar-refractivity contribution < 1.29 is 4.74 Å². The van der Waals surface area contributed by atoms with Crippen LogP contribution in [0.5, 0.6) is 5.06 Å². The molecule has 0 aliphatic carbocycles. The van der Waals surface area contributed by atoms with Gasteiger partial charge in [0.2, 0.25) is 0 Å². The average molecular weight is 415 g/mol. The van der Waals surface area contributed by atoms with E-state index >= 15 is 0 Å². The molecule has 0 bridgehead atoms.